The quantitative estimate of drug-likeness (QED) is 0.948. The van der Waals surface area contributed by atoms with Crippen molar-refractivity contribution in [3.8, 4) is 0 Å². The van der Waals surface area contributed by atoms with Crippen molar-refractivity contribution in [2.45, 2.75) is 12.5 Å². The van der Waals surface area contributed by atoms with E-state index in [4.69, 9.17) is 11.6 Å². The molecule has 1 aromatic carbocycles. The molecule has 1 amide bonds. The monoisotopic (exact) mass is 301 g/mol. The second-order valence-corrected chi connectivity index (χ2v) is 5.55. The maximum atomic E-state index is 12.1. The van der Waals surface area contributed by atoms with E-state index in [1.807, 2.05) is 24.3 Å². The molecule has 0 spiro atoms. The topological polar surface area (TPSA) is 45.2 Å². The second kappa shape index (κ2) is 6.14. The van der Waals surface area contributed by atoms with Crippen molar-refractivity contribution in [3.05, 3.63) is 59.4 Å². The Morgan fingerprint density at radius 1 is 1.19 bits per heavy atom. The van der Waals surface area contributed by atoms with E-state index >= 15 is 0 Å². The summed E-state index contributed by atoms with van der Waals surface area (Å²) >= 11 is 5.90. The fourth-order valence-electron chi connectivity index (χ4n) is 2.54. The molecule has 108 valence electrons. The highest BCUT2D eigenvalue weighted by atomic mass is 35.5. The van der Waals surface area contributed by atoms with Gasteiger partial charge in [-0.1, -0.05) is 11.6 Å². The number of halogens is 1. The smallest absolute Gasteiger partial charge is 0.251 e. The van der Waals surface area contributed by atoms with Crippen LogP contribution in [0, 0.1) is 0 Å². The minimum absolute atomic E-state index is 0.0413. The van der Waals surface area contributed by atoms with Crippen LogP contribution in [0.3, 0.4) is 0 Å². The number of carbonyl (C=O) groups is 1. The lowest BCUT2D eigenvalue weighted by molar-refractivity contribution is 0.0940. The lowest BCUT2D eigenvalue weighted by Gasteiger charge is -2.19. The predicted molar refractivity (Wildman–Crippen MR) is 83.8 cm³/mol. The standard InChI is InChI=1S/C16H16ClN3O/c17-13-1-3-15(4-2-13)20-10-7-14(11-20)19-16(21)12-5-8-18-9-6-12/h1-6,8-9,14H,7,10-11H2,(H,19,21)/t14-/m0/s1. The first-order valence-corrected chi connectivity index (χ1v) is 7.31. The Morgan fingerprint density at radius 2 is 1.90 bits per heavy atom. The number of nitrogens with one attached hydrogen (secondary N) is 1. The zero-order valence-corrected chi connectivity index (χ0v) is 12.3. The van der Waals surface area contributed by atoms with Crippen molar-refractivity contribution < 1.29 is 4.79 Å². The first-order valence-electron chi connectivity index (χ1n) is 6.94. The highest BCUT2D eigenvalue weighted by molar-refractivity contribution is 6.30. The Bertz CT molecular complexity index is 615. The summed E-state index contributed by atoms with van der Waals surface area (Å²) in [6.45, 7) is 1.75. The van der Waals surface area contributed by atoms with E-state index in [0.29, 0.717) is 5.56 Å². The molecule has 1 saturated heterocycles. The summed E-state index contributed by atoms with van der Waals surface area (Å²) in [5.74, 6) is -0.0413. The summed E-state index contributed by atoms with van der Waals surface area (Å²) in [5, 5.41) is 3.81. The molecular weight excluding hydrogens is 286 g/mol. The normalized spacial score (nSPS) is 17.8. The molecule has 2 heterocycles. The molecule has 0 bridgehead atoms. The Balaban J connectivity index is 1.60. The van der Waals surface area contributed by atoms with Gasteiger partial charge >= 0.3 is 0 Å². The third kappa shape index (κ3) is 3.34. The first-order chi connectivity index (χ1) is 10.2. The van der Waals surface area contributed by atoms with Gasteiger partial charge < -0.3 is 10.2 Å². The van der Waals surface area contributed by atoms with Crippen molar-refractivity contribution in [3.63, 3.8) is 0 Å². The summed E-state index contributed by atoms with van der Waals surface area (Å²) in [6.07, 6.45) is 4.20. The first kappa shape index (κ1) is 13.9. The fourth-order valence-corrected chi connectivity index (χ4v) is 2.66. The Labute approximate surface area is 128 Å². The zero-order chi connectivity index (χ0) is 14.7. The molecule has 2 aromatic rings. The number of nitrogens with zero attached hydrogens (tertiary/aromatic N) is 2. The van der Waals surface area contributed by atoms with Gasteiger partial charge in [0.25, 0.3) is 5.91 Å². The molecule has 21 heavy (non-hydrogen) atoms. The van der Waals surface area contributed by atoms with Crippen molar-refractivity contribution in [2.24, 2.45) is 0 Å². The van der Waals surface area contributed by atoms with E-state index in [1.54, 1.807) is 24.5 Å². The molecular formula is C16H16ClN3O. The van der Waals surface area contributed by atoms with E-state index in [1.165, 1.54) is 0 Å². The third-order valence-corrected chi connectivity index (χ3v) is 3.91. The summed E-state index contributed by atoms with van der Waals surface area (Å²) < 4.78 is 0. The molecule has 1 fully saturated rings. The molecule has 1 aromatic heterocycles. The Morgan fingerprint density at radius 3 is 2.62 bits per heavy atom. The number of aromatic nitrogens is 1. The molecule has 5 heteroatoms. The molecule has 4 nitrogen and oxygen atoms in total. The van der Waals surface area contributed by atoms with Gasteiger partial charge in [0, 0.05) is 47.8 Å². The van der Waals surface area contributed by atoms with Gasteiger partial charge in [0.05, 0.1) is 0 Å². The Hall–Kier alpha value is -2.07. The summed E-state index contributed by atoms with van der Waals surface area (Å²) in [5.41, 5.74) is 1.79. The van der Waals surface area contributed by atoms with Gasteiger partial charge in [0.15, 0.2) is 0 Å². The Kier molecular flexibility index (Phi) is 4.06. The van der Waals surface area contributed by atoms with Crippen LogP contribution < -0.4 is 10.2 Å². The average Bonchev–Trinajstić information content (AvgIpc) is 2.97. The van der Waals surface area contributed by atoms with Gasteiger partial charge in [-0.05, 0) is 42.8 Å². The van der Waals surface area contributed by atoms with Crippen molar-refractivity contribution >= 4 is 23.2 Å². The van der Waals surface area contributed by atoms with Crippen LogP contribution in [0.1, 0.15) is 16.8 Å². The largest absolute Gasteiger partial charge is 0.369 e. The summed E-state index contributed by atoms with van der Waals surface area (Å²) in [6, 6.07) is 11.4. The van der Waals surface area contributed by atoms with Crippen LogP contribution >= 0.6 is 11.6 Å². The number of rotatable bonds is 3. The number of amides is 1. The van der Waals surface area contributed by atoms with Crippen LogP contribution in [-0.2, 0) is 0 Å². The maximum absolute atomic E-state index is 12.1. The average molecular weight is 302 g/mol. The van der Waals surface area contributed by atoms with E-state index in [-0.39, 0.29) is 11.9 Å². The van der Waals surface area contributed by atoms with E-state index in [0.717, 1.165) is 30.2 Å². The molecule has 0 radical (unpaired) electrons. The van der Waals surface area contributed by atoms with E-state index in [9.17, 15) is 4.79 Å². The van der Waals surface area contributed by atoms with Gasteiger partial charge in [0.1, 0.15) is 0 Å². The maximum Gasteiger partial charge on any atom is 0.251 e. The van der Waals surface area contributed by atoms with Gasteiger partial charge in [-0.2, -0.15) is 0 Å². The van der Waals surface area contributed by atoms with Crippen LogP contribution in [0.2, 0.25) is 5.02 Å². The fraction of sp³-hybridized carbons (Fsp3) is 0.250. The number of hydrogen-bond donors (Lipinski definition) is 1. The SMILES string of the molecule is O=C(N[C@H]1CCN(c2ccc(Cl)cc2)C1)c1ccncc1. The van der Waals surface area contributed by atoms with Crippen LogP contribution in [-0.4, -0.2) is 30.0 Å². The molecule has 0 aliphatic carbocycles. The third-order valence-electron chi connectivity index (χ3n) is 3.66. The van der Waals surface area contributed by atoms with Gasteiger partial charge in [-0.25, -0.2) is 0 Å². The molecule has 1 aliphatic rings. The zero-order valence-electron chi connectivity index (χ0n) is 11.5. The highest BCUT2D eigenvalue weighted by Gasteiger charge is 2.24. The highest BCUT2D eigenvalue weighted by Crippen LogP contribution is 2.22. The molecule has 1 N–H and O–H groups in total. The number of carbonyl (C=O) groups excluding carboxylic acids is 1. The number of benzene rings is 1. The van der Waals surface area contributed by atoms with Crippen LogP contribution in [0.25, 0.3) is 0 Å². The van der Waals surface area contributed by atoms with E-state index in [2.05, 4.69) is 15.2 Å². The van der Waals surface area contributed by atoms with Crippen molar-refractivity contribution in [1.82, 2.24) is 10.3 Å². The van der Waals surface area contributed by atoms with Crippen LogP contribution in [0.5, 0.6) is 0 Å². The molecule has 1 aliphatic heterocycles. The van der Waals surface area contributed by atoms with Crippen molar-refractivity contribution in [1.29, 1.82) is 0 Å². The number of anilines is 1. The van der Waals surface area contributed by atoms with Gasteiger partial charge in [-0.15, -0.1) is 0 Å². The summed E-state index contributed by atoms with van der Waals surface area (Å²) in [4.78, 5) is 18.3. The van der Waals surface area contributed by atoms with Gasteiger partial charge in [0.2, 0.25) is 0 Å². The number of pyridine rings is 1. The van der Waals surface area contributed by atoms with Crippen LogP contribution in [0.15, 0.2) is 48.8 Å². The lowest BCUT2D eigenvalue weighted by atomic mass is 10.2. The molecule has 1 atom stereocenters. The minimum atomic E-state index is -0.0413. The molecule has 3 rings (SSSR count). The molecule has 0 saturated carbocycles. The van der Waals surface area contributed by atoms with Crippen molar-refractivity contribution in [2.75, 3.05) is 18.0 Å². The number of hydrogen-bond acceptors (Lipinski definition) is 3. The minimum Gasteiger partial charge on any atom is -0.369 e. The summed E-state index contributed by atoms with van der Waals surface area (Å²) in [7, 11) is 0. The second-order valence-electron chi connectivity index (χ2n) is 5.12. The lowest BCUT2D eigenvalue weighted by Crippen LogP contribution is -2.37. The van der Waals surface area contributed by atoms with Gasteiger partial charge in [-0.3, -0.25) is 9.78 Å². The predicted octanol–water partition coefficient (Wildman–Crippen LogP) is 2.74. The van der Waals surface area contributed by atoms with E-state index < -0.39 is 0 Å². The molecule has 0 unspecified atom stereocenters. The van der Waals surface area contributed by atoms with Crippen LogP contribution in [0.4, 0.5) is 5.69 Å².